The van der Waals surface area contributed by atoms with Gasteiger partial charge >= 0.3 is 0 Å². The molecule has 0 atom stereocenters. The van der Waals surface area contributed by atoms with Crippen LogP contribution < -0.4 is 9.64 Å². The Labute approximate surface area is 151 Å². The van der Waals surface area contributed by atoms with Crippen LogP contribution in [0.2, 0.25) is 5.02 Å². The first-order valence-electron chi connectivity index (χ1n) is 7.57. The highest BCUT2D eigenvalue weighted by Crippen LogP contribution is 2.34. The fraction of sp³-hybridized carbons (Fsp3) is 0.235. The van der Waals surface area contributed by atoms with Gasteiger partial charge in [0.1, 0.15) is 12.4 Å². The first kappa shape index (κ1) is 17.7. The van der Waals surface area contributed by atoms with Gasteiger partial charge in [-0.2, -0.15) is 0 Å². The van der Waals surface area contributed by atoms with Gasteiger partial charge in [0, 0.05) is 24.7 Å². The number of carbonyl (C=O) groups excluding carboxylic acids is 1. The lowest BCUT2D eigenvalue weighted by Crippen LogP contribution is -2.38. The second kappa shape index (κ2) is 6.67. The van der Waals surface area contributed by atoms with Gasteiger partial charge in [-0.15, -0.1) is 0 Å². The molecule has 8 heteroatoms. The van der Waals surface area contributed by atoms with Gasteiger partial charge in [0.15, 0.2) is 0 Å². The molecule has 0 bridgehead atoms. The number of fused-ring (bicyclic) bond motifs is 1. The first-order chi connectivity index (χ1) is 11.8. The Morgan fingerprint density at radius 3 is 2.48 bits per heavy atom. The Morgan fingerprint density at radius 1 is 1.16 bits per heavy atom. The third-order valence-electron chi connectivity index (χ3n) is 3.91. The van der Waals surface area contributed by atoms with E-state index in [1.54, 1.807) is 23.1 Å². The number of hydrogen-bond donors (Lipinski definition) is 0. The van der Waals surface area contributed by atoms with Crippen LogP contribution in [-0.4, -0.2) is 45.9 Å². The van der Waals surface area contributed by atoms with Crippen molar-refractivity contribution in [2.75, 3.05) is 32.1 Å². The molecule has 0 N–H and O–H groups in total. The summed E-state index contributed by atoms with van der Waals surface area (Å²) in [7, 11) is -0.605. The molecule has 1 aliphatic heterocycles. The van der Waals surface area contributed by atoms with Crippen molar-refractivity contribution in [3.05, 3.63) is 53.1 Å². The number of anilines is 1. The van der Waals surface area contributed by atoms with Crippen LogP contribution in [0, 0.1) is 0 Å². The number of carbonyl (C=O) groups is 1. The molecule has 1 amide bonds. The number of benzene rings is 2. The molecule has 132 valence electrons. The van der Waals surface area contributed by atoms with E-state index < -0.39 is 10.0 Å². The predicted octanol–water partition coefficient (Wildman–Crippen LogP) is 2.63. The average molecular weight is 381 g/mol. The van der Waals surface area contributed by atoms with E-state index in [4.69, 9.17) is 16.3 Å². The van der Waals surface area contributed by atoms with Crippen molar-refractivity contribution >= 4 is 33.2 Å². The normalized spacial score (nSPS) is 14.2. The van der Waals surface area contributed by atoms with E-state index in [0.29, 0.717) is 35.2 Å². The van der Waals surface area contributed by atoms with Crippen LogP contribution in [0.4, 0.5) is 5.69 Å². The van der Waals surface area contributed by atoms with Crippen LogP contribution in [-0.2, 0) is 10.0 Å². The van der Waals surface area contributed by atoms with E-state index in [2.05, 4.69) is 0 Å². The molecule has 0 radical (unpaired) electrons. The maximum atomic E-state index is 12.8. The number of nitrogens with zero attached hydrogens (tertiary/aromatic N) is 2. The van der Waals surface area contributed by atoms with Crippen molar-refractivity contribution in [2.45, 2.75) is 4.90 Å². The predicted molar refractivity (Wildman–Crippen MR) is 95.9 cm³/mol. The number of hydrogen-bond acceptors (Lipinski definition) is 4. The molecule has 3 rings (SSSR count). The average Bonchev–Trinajstić information content (AvgIpc) is 2.60. The fourth-order valence-corrected chi connectivity index (χ4v) is 3.61. The van der Waals surface area contributed by atoms with Crippen molar-refractivity contribution < 1.29 is 17.9 Å². The maximum absolute atomic E-state index is 12.8. The minimum absolute atomic E-state index is 0.138. The lowest BCUT2D eigenvalue weighted by molar-refractivity contribution is 0.0976. The lowest BCUT2D eigenvalue weighted by Gasteiger charge is -2.29. The molecule has 0 saturated heterocycles. The van der Waals surface area contributed by atoms with Gasteiger partial charge in [-0.25, -0.2) is 12.7 Å². The number of rotatable bonds is 3. The summed E-state index contributed by atoms with van der Waals surface area (Å²) in [6, 6.07) is 11.0. The van der Waals surface area contributed by atoms with E-state index in [-0.39, 0.29) is 10.8 Å². The zero-order valence-electron chi connectivity index (χ0n) is 13.8. The Bertz CT molecular complexity index is 911. The third-order valence-corrected chi connectivity index (χ3v) is 5.97. The van der Waals surface area contributed by atoms with Crippen LogP contribution in [0.3, 0.4) is 0 Å². The van der Waals surface area contributed by atoms with Crippen LogP contribution in [0.5, 0.6) is 5.75 Å². The molecule has 0 spiro atoms. The molecule has 2 aromatic carbocycles. The SMILES string of the molecule is CN(C)S(=O)(=O)c1ccc(C(=O)N2CCOc3ccc(Cl)cc32)cc1. The van der Waals surface area contributed by atoms with Gasteiger partial charge in [-0.3, -0.25) is 4.79 Å². The Kier molecular flexibility index (Phi) is 4.73. The highest BCUT2D eigenvalue weighted by molar-refractivity contribution is 7.89. The number of sulfonamides is 1. The summed E-state index contributed by atoms with van der Waals surface area (Å²) in [6.45, 7) is 0.775. The summed E-state index contributed by atoms with van der Waals surface area (Å²) in [5.74, 6) is 0.358. The second-order valence-electron chi connectivity index (χ2n) is 5.73. The first-order valence-corrected chi connectivity index (χ1v) is 9.39. The van der Waals surface area contributed by atoms with E-state index in [0.717, 1.165) is 4.31 Å². The highest BCUT2D eigenvalue weighted by Gasteiger charge is 2.25. The maximum Gasteiger partial charge on any atom is 0.258 e. The summed E-state index contributed by atoms with van der Waals surface area (Å²) < 4.78 is 30.9. The van der Waals surface area contributed by atoms with Gasteiger partial charge < -0.3 is 9.64 Å². The smallest absolute Gasteiger partial charge is 0.258 e. The molecule has 0 unspecified atom stereocenters. The van der Waals surface area contributed by atoms with Crippen LogP contribution in [0.15, 0.2) is 47.4 Å². The van der Waals surface area contributed by atoms with Crippen LogP contribution >= 0.6 is 11.6 Å². The van der Waals surface area contributed by atoms with Crippen molar-refractivity contribution in [2.24, 2.45) is 0 Å². The van der Waals surface area contributed by atoms with Gasteiger partial charge in [0.2, 0.25) is 10.0 Å². The second-order valence-corrected chi connectivity index (χ2v) is 8.32. The zero-order chi connectivity index (χ0) is 18.2. The Morgan fingerprint density at radius 2 is 1.84 bits per heavy atom. The Hall–Kier alpha value is -2.09. The monoisotopic (exact) mass is 380 g/mol. The molecule has 25 heavy (non-hydrogen) atoms. The number of amides is 1. The van der Waals surface area contributed by atoms with Crippen molar-refractivity contribution in [3.63, 3.8) is 0 Å². The molecular formula is C17H17ClN2O4S. The van der Waals surface area contributed by atoms with Crippen LogP contribution in [0.1, 0.15) is 10.4 Å². The minimum Gasteiger partial charge on any atom is -0.490 e. The molecule has 0 aromatic heterocycles. The standard InChI is InChI=1S/C17H17ClN2O4S/c1-19(2)25(22,23)14-6-3-12(4-7-14)17(21)20-9-10-24-16-8-5-13(18)11-15(16)20/h3-8,11H,9-10H2,1-2H3. The minimum atomic E-state index is -3.53. The van der Waals surface area contributed by atoms with E-state index in [9.17, 15) is 13.2 Å². The van der Waals surface area contributed by atoms with Gasteiger partial charge in [0.05, 0.1) is 17.1 Å². The van der Waals surface area contributed by atoms with Crippen LogP contribution in [0.25, 0.3) is 0 Å². The third kappa shape index (κ3) is 3.35. The van der Waals surface area contributed by atoms with Gasteiger partial charge in [0.25, 0.3) is 5.91 Å². The van der Waals surface area contributed by atoms with E-state index in [1.165, 1.54) is 38.4 Å². The zero-order valence-corrected chi connectivity index (χ0v) is 15.3. The summed E-state index contributed by atoms with van der Waals surface area (Å²) in [5, 5.41) is 0.509. The largest absolute Gasteiger partial charge is 0.490 e. The van der Waals surface area contributed by atoms with Crippen molar-refractivity contribution in [1.82, 2.24) is 4.31 Å². The molecular weight excluding hydrogens is 364 g/mol. The van der Waals surface area contributed by atoms with Gasteiger partial charge in [-0.05, 0) is 42.5 Å². The molecule has 0 saturated carbocycles. The lowest BCUT2D eigenvalue weighted by atomic mass is 10.1. The molecule has 0 fully saturated rings. The summed E-state index contributed by atoms with van der Waals surface area (Å²) in [4.78, 5) is 14.6. The van der Waals surface area contributed by atoms with Crippen molar-refractivity contribution in [3.8, 4) is 5.75 Å². The van der Waals surface area contributed by atoms with Crippen molar-refractivity contribution in [1.29, 1.82) is 0 Å². The topological polar surface area (TPSA) is 66.9 Å². The quantitative estimate of drug-likeness (QED) is 0.821. The number of ether oxygens (including phenoxy) is 1. The molecule has 0 aliphatic carbocycles. The number of halogens is 1. The molecule has 1 heterocycles. The Balaban J connectivity index is 1.92. The summed E-state index contributed by atoms with van der Waals surface area (Å²) in [6.07, 6.45) is 0. The van der Waals surface area contributed by atoms with Gasteiger partial charge in [-0.1, -0.05) is 11.6 Å². The molecule has 1 aliphatic rings. The molecule has 6 nitrogen and oxygen atoms in total. The fourth-order valence-electron chi connectivity index (χ4n) is 2.54. The molecule has 2 aromatic rings. The highest BCUT2D eigenvalue weighted by atomic mass is 35.5. The summed E-state index contributed by atoms with van der Waals surface area (Å²) in [5.41, 5.74) is 0.999. The van der Waals surface area contributed by atoms with E-state index >= 15 is 0 Å². The van der Waals surface area contributed by atoms with E-state index in [1.807, 2.05) is 0 Å². The summed E-state index contributed by atoms with van der Waals surface area (Å²) >= 11 is 6.03.